The minimum Gasteiger partial charge on any atom is -0.477 e. The summed E-state index contributed by atoms with van der Waals surface area (Å²) < 4.78 is 0. The Morgan fingerprint density at radius 3 is 2.81 bits per heavy atom. The molecule has 0 atom stereocenters. The van der Waals surface area contributed by atoms with Crippen LogP contribution in [0, 0.1) is 10.1 Å². The SMILES string of the molecule is O=C(O)c1cc(NCCO)ncc1[N+](=O)[O-]. The van der Waals surface area contributed by atoms with E-state index in [-0.39, 0.29) is 19.0 Å². The van der Waals surface area contributed by atoms with E-state index in [1.165, 1.54) is 0 Å². The molecule has 8 heteroatoms. The van der Waals surface area contributed by atoms with Gasteiger partial charge in [-0.15, -0.1) is 0 Å². The minimum absolute atomic E-state index is 0.152. The Morgan fingerprint density at radius 1 is 1.62 bits per heavy atom. The Labute approximate surface area is 89.7 Å². The first-order valence-electron chi connectivity index (χ1n) is 4.28. The largest absolute Gasteiger partial charge is 0.477 e. The first-order chi connectivity index (χ1) is 7.56. The normalized spacial score (nSPS) is 9.81. The molecule has 0 fully saturated rings. The summed E-state index contributed by atoms with van der Waals surface area (Å²) in [6.45, 7) is 0.0327. The van der Waals surface area contributed by atoms with Crippen LogP contribution in [0.4, 0.5) is 11.5 Å². The molecule has 0 spiro atoms. The molecule has 0 amide bonds. The summed E-state index contributed by atoms with van der Waals surface area (Å²) in [7, 11) is 0. The molecule has 0 aliphatic heterocycles. The van der Waals surface area contributed by atoms with E-state index in [0.29, 0.717) is 0 Å². The molecule has 86 valence electrons. The molecule has 1 heterocycles. The van der Waals surface area contributed by atoms with Crippen molar-refractivity contribution >= 4 is 17.5 Å². The summed E-state index contributed by atoms with van der Waals surface area (Å²) in [5, 5.41) is 30.4. The van der Waals surface area contributed by atoms with Crippen LogP contribution in [-0.2, 0) is 0 Å². The Hall–Kier alpha value is -2.22. The van der Waals surface area contributed by atoms with Crippen molar-refractivity contribution in [3.8, 4) is 0 Å². The Bertz CT molecular complexity index is 420. The zero-order chi connectivity index (χ0) is 12.1. The van der Waals surface area contributed by atoms with Crippen LogP contribution in [0.15, 0.2) is 12.3 Å². The monoisotopic (exact) mass is 227 g/mol. The van der Waals surface area contributed by atoms with Gasteiger partial charge in [0.25, 0.3) is 0 Å². The minimum atomic E-state index is -1.40. The Morgan fingerprint density at radius 2 is 2.31 bits per heavy atom. The molecule has 0 saturated heterocycles. The summed E-state index contributed by atoms with van der Waals surface area (Å²) in [5.41, 5.74) is -1.01. The Kier molecular flexibility index (Phi) is 3.72. The zero-order valence-electron chi connectivity index (χ0n) is 8.08. The number of carboxylic acid groups (broad SMARTS) is 1. The number of hydrogen-bond donors (Lipinski definition) is 3. The molecule has 8 nitrogen and oxygen atoms in total. The summed E-state index contributed by atoms with van der Waals surface area (Å²) in [4.78, 5) is 24.1. The number of nitrogens with one attached hydrogen (secondary N) is 1. The lowest BCUT2D eigenvalue weighted by Crippen LogP contribution is -2.09. The molecule has 1 aromatic heterocycles. The van der Waals surface area contributed by atoms with E-state index >= 15 is 0 Å². The fraction of sp³-hybridized carbons (Fsp3) is 0.250. The van der Waals surface area contributed by atoms with Gasteiger partial charge in [0.15, 0.2) is 0 Å². The van der Waals surface area contributed by atoms with Crippen molar-refractivity contribution in [1.29, 1.82) is 0 Å². The fourth-order valence-corrected chi connectivity index (χ4v) is 1.05. The quantitative estimate of drug-likeness (QED) is 0.480. The fourth-order valence-electron chi connectivity index (χ4n) is 1.05. The van der Waals surface area contributed by atoms with E-state index in [2.05, 4.69) is 10.3 Å². The van der Waals surface area contributed by atoms with E-state index in [1.54, 1.807) is 0 Å². The van der Waals surface area contributed by atoms with Crippen molar-refractivity contribution in [2.45, 2.75) is 0 Å². The number of carboxylic acids is 1. The lowest BCUT2D eigenvalue weighted by atomic mass is 10.2. The highest BCUT2D eigenvalue weighted by atomic mass is 16.6. The lowest BCUT2D eigenvalue weighted by Gasteiger charge is -2.04. The second-order valence-corrected chi connectivity index (χ2v) is 2.80. The number of aliphatic hydroxyl groups excluding tert-OH is 1. The van der Waals surface area contributed by atoms with Crippen molar-refractivity contribution in [3.63, 3.8) is 0 Å². The van der Waals surface area contributed by atoms with Crippen molar-refractivity contribution in [3.05, 3.63) is 27.9 Å². The third-order valence-corrected chi connectivity index (χ3v) is 1.73. The molecule has 0 unspecified atom stereocenters. The summed E-state index contributed by atoms with van der Waals surface area (Å²) in [6.07, 6.45) is 0.864. The lowest BCUT2D eigenvalue weighted by molar-refractivity contribution is -0.385. The van der Waals surface area contributed by atoms with Crippen LogP contribution in [0.5, 0.6) is 0 Å². The van der Waals surface area contributed by atoms with Crippen molar-refractivity contribution in [2.75, 3.05) is 18.5 Å². The smallest absolute Gasteiger partial charge is 0.342 e. The third kappa shape index (κ3) is 2.64. The molecule has 0 bridgehead atoms. The van der Waals surface area contributed by atoms with E-state index in [1.807, 2.05) is 0 Å². The molecule has 3 N–H and O–H groups in total. The number of carbonyl (C=O) groups is 1. The Balaban J connectivity index is 3.07. The number of hydrogen-bond acceptors (Lipinski definition) is 6. The third-order valence-electron chi connectivity index (χ3n) is 1.73. The van der Waals surface area contributed by atoms with E-state index in [9.17, 15) is 14.9 Å². The zero-order valence-corrected chi connectivity index (χ0v) is 8.08. The van der Waals surface area contributed by atoms with Gasteiger partial charge in [-0.1, -0.05) is 0 Å². The number of nitro groups is 1. The van der Waals surface area contributed by atoms with Crippen molar-refractivity contribution < 1.29 is 19.9 Å². The number of rotatable bonds is 5. The molecule has 1 aromatic rings. The molecule has 1 rings (SSSR count). The van der Waals surface area contributed by atoms with Gasteiger partial charge in [-0.05, 0) is 0 Å². The first kappa shape index (κ1) is 11.9. The summed E-state index contributed by atoms with van der Waals surface area (Å²) >= 11 is 0. The number of pyridine rings is 1. The van der Waals surface area contributed by atoms with Crippen LogP contribution in [-0.4, -0.2) is 39.2 Å². The standard InChI is InChI=1S/C8H9N3O5/c12-2-1-9-7-3-5(8(13)14)6(4-10-7)11(15)16/h3-4,12H,1-2H2,(H,9,10)(H,13,14). The number of anilines is 1. The predicted octanol–water partition coefficient (Wildman–Crippen LogP) is 0.0922. The van der Waals surface area contributed by atoms with Gasteiger partial charge < -0.3 is 15.5 Å². The van der Waals surface area contributed by atoms with Gasteiger partial charge in [-0.2, -0.15) is 0 Å². The van der Waals surface area contributed by atoms with E-state index in [0.717, 1.165) is 12.3 Å². The number of aromatic nitrogens is 1. The van der Waals surface area contributed by atoms with Gasteiger partial charge in [0.1, 0.15) is 17.6 Å². The van der Waals surface area contributed by atoms with Gasteiger partial charge in [-0.25, -0.2) is 9.78 Å². The van der Waals surface area contributed by atoms with Gasteiger partial charge in [0, 0.05) is 12.6 Å². The van der Waals surface area contributed by atoms with Gasteiger partial charge in [-0.3, -0.25) is 10.1 Å². The summed E-state index contributed by atoms with van der Waals surface area (Å²) in [5.74, 6) is -1.24. The molecule has 0 aliphatic carbocycles. The molecular formula is C8H9N3O5. The van der Waals surface area contributed by atoms with Crippen LogP contribution in [0.1, 0.15) is 10.4 Å². The van der Waals surface area contributed by atoms with Crippen molar-refractivity contribution in [2.24, 2.45) is 0 Å². The second kappa shape index (κ2) is 5.03. The van der Waals surface area contributed by atoms with Crippen LogP contribution in [0.3, 0.4) is 0 Å². The molecule has 0 saturated carbocycles. The highest BCUT2D eigenvalue weighted by molar-refractivity contribution is 5.93. The maximum atomic E-state index is 10.7. The molecule has 0 radical (unpaired) electrons. The predicted molar refractivity (Wildman–Crippen MR) is 53.4 cm³/mol. The number of nitrogens with zero attached hydrogens (tertiary/aromatic N) is 2. The average Bonchev–Trinajstić information content (AvgIpc) is 2.25. The summed E-state index contributed by atoms with van der Waals surface area (Å²) in [6, 6.07) is 1.05. The van der Waals surface area contributed by atoms with Crippen LogP contribution < -0.4 is 5.32 Å². The molecule has 0 aromatic carbocycles. The van der Waals surface area contributed by atoms with Gasteiger partial charge in [0.2, 0.25) is 0 Å². The highest BCUT2D eigenvalue weighted by Gasteiger charge is 2.20. The second-order valence-electron chi connectivity index (χ2n) is 2.80. The van der Waals surface area contributed by atoms with Crippen molar-refractivity contribution in [1.82, 2.24) is 4.98 Å². The van der Waals surface area contributed by atoms with E-state index in [4.69, 9.17) is 10.2 Å². The maximum Gasteiger partial charge on any atom is 0.342 e. The molecule has 16 heavy (non-hydrogen) atoms. The van der Waals surface area contributed by atoms with Gasteiger partial charge in [0.05, 0.1) is 11.5 Å². The van der Waals surface area contributed by atoms with E-state index < -0.39 is 22.1 Å². The van der Waals surface area contributed by atoms with Crippen LogP contribution >= 0.6 is 0 Å². The van der Waals surface area contributed by atoms with Crippen LogP contribution in [0.25, 0.3) is 0 Å². The number of aliphatic hydroxyl groups is 1. The first-order valence-corrected chi connectivity index (χ1v) is 4.28. The van der Waals surface area contributed by atoms with Gasteiger partial charge >= 0.3 is 11.7 Å². The maximum absolute atomic E-state index is 10.7. The molecular weight excluding hydrogens is 218 g/mol. The topological polar surface area (TPSA) is 126 Å². The van der Waals surface area contributed by atoms with Crippen LogP contribution in [0.2, 0.25) is 0 Å². The highest BCUT2D eigenvalue weighted by Crippen LogP contribution is 2.19. The molecule has 0 aliphatic rings. The number of aromatic carboxylic acids is 1. The average molecular weight is 227 g/mol.